The van der Waals surface area contributed by atoms with Crippen LogP contribution in [0.4, 0.5) is 5.69 Å². The van der Waals surface area contributed by atoms with E-state index in [1.165, 1.54) is 94.9 Å². The maximum Gasteiger partial charge on any atom is 0.277 e. The molecule has 1 unspecified atom stereocenters. The summed E-state index contributed by atoms with van der Waals surface area (Å²) in [6, 6.07) is 15.1. The Hall–Kier alpha value is -2.13. The van der Waals surface area contributed by atoms with E-state index in [4.69, 9.17) is 4.52 Å². The third-order valence-electron chi connectivity index (χ3n) is 6.26. The molecule has 0 radical (unpaired) electrons. The maximum absolute atomic E-state index is 13.8. The summed E-state index contributed by atoms with van der Waals surface area (Å²) < 4.78 is 19.7. The van der Waals surface area contributed by atoms with Gasteiger partial charge < -0.3 is 4.52 Å². The second kappa shape index (κ2) is 16.5. The number of benzene rings is 2. The molecule has 0 fully saturated rings. The number of hydrogen-bond donors (Lipinski definition) is 0. The molecule has 0 spiro atoms. The largest absolute Gasteiger partial charge is 0.440 e. The zero-order valence-corrected chi connectivity index (χ0v) is 21.7. The van der Waals surface area contributed by atoms with Crippen molar-refractivity contribution in [1.29, 1.82) is 0 Å². The maximum atomic E-state index is 13.8. The molecule has 0 aliphatic carbocycles. The normalized spacial score (nSPS) is 12.9. The lowest BCUT2D eigenvalue weighted by Crippen LogP contribution is -2.12. The summed E-state index contributed by atoms with van der Waals surface area (Å²) >= 11 is 0. The number of hydrogen-bond acceptors (Lipinski definition) is 4. The number of nitro groups is 1. The minimum atomic E-state index is -3.09. The SMILES string of the molecule is CCCCCCCCCCCCCCCCP(=O)(Oc1ccc([N+](=O)[O-])cc1)c1ccccc1. The molecule has 5 nitrogen and oxygen atoms in total. The Morgan fingerprint density at radius 1 is 0.706 bits per heavy atom. The zero-order valence-electron chi connectivity index (χ0n) is 20.8. The highest BCUT2D eigenvalue weighted by atomic mass is 31.2. The van der Waals surface area contributed by atoms with E-state index in [9.17, 15) is 14.7 Å². The van der Waals surface area contributed by atoms with Crippen LogP contribution in [0.25, 0.3) is 0 Å². The van der Waals surface area contributed by atoms with E-state index in [0.29, 0.717) is 17.2 Å². The van der Waals surface area contributed by atoms with Gasteiger partial charge in [0, 0.05) is 23.6 Å². The van der Waals surface area contributed by atoms with Crippen LogP contribution >= 0.6 is 7.37 Å². The molecule has 0 aliphatic rings. The van der Waals surface area contributed by atoms with Crippen LogP contribution in [-0.2, 0) is 4.57 Å². The number of non-ortho nitro benzene ring substituents is 1. The van der Waals surface area contributed by atoms with E-state index in [1.54, 1.807) is 0 Å². The van der Waals surface area contributed by atoms with Crippen LogP contribution in [0.2, 0.25) is 0 Å². The van der Waals surface area contributed by atoms with Crippen LogP contribution in [0.1, 0.15) is 96.8 Å². The monoisotopic (exact) mass is 487 g/mol. The van der Waals surface area contributed by atoms with E-state index in [0.717, 1.165) is 19.3 Å². The van der Waals surface area contributed by atoms with Gasteiger partial charge in [0.1, 0.15) is 5.75 Å². The van der Waals surface area contributed by atoms with Gasteiger partial charge in [-0.1, -0.05) is 109 Å². The highest BCUT2D eigenvalue weighted by Crippen LogP contribution is 2.47. The first-order valence-electron chi connectivity index (χ1n) is 13.1. The molecule has 0 saturated heterocycles. The fourth-order valence-corrected chi connectivity index (χ4v) is 6.38. The van der Waals surface area contributed by atoms with Crippen LogP contribution in [0, 0.1) is 10.1 Å². The molecule has 0 aromatic heterocycles. The lowest BCUT2D eigenvalue weighted by Gasteiger charge is -2.20. The summed E-state index contributed by atoms with van der Waals surface area (Å²) in [5.41, 5.74) is -0.00568. The van der Waals surface area contributed by atoms with Crippen molar-refractivity contribution in [3.05, 3.63) is 64.7 Å². The minimum absolute atomic E-state index is 0.00568. The van der Waals surface area contributed by atoms with E-state index in [2.05, 4.69) is 6.92 Å². The van der Waals surface area contributed by atoms with Crippen molar-refractivity contribution < 1.29 is 14.0 Å². The molecule has 0 amide bonds. The molecule has 0 bridgehead atoms. The molecule has 2 rings (SSSR count). The first-order valence-corrected chi connectivity index (χ1v) is 14.9. The predicted octanol–water partition coefficient (Wildman–Crippen LogP) is 9.06. The highest BCUT2D eigenvalue weighted by molar-refractivity contribution is 7.67. The third-order valence-corrected chi connectivity index (χ3v) is 8.75. The molecule has 0 N–H and O–H groups in total. The van der Waals surface area contributed by atoms with Gasteiger partial charge >= 0.3 is 0 Å². The van der Waals surface area contributed by atoms with Crippen LogP contribution in [-0.4, -0.2) is 11.1 Å². The number of unbranched alkanes of at least 4 members (excludes halogenated alkanes) is 13. The van der Waals surface area contributed by atoms with Crippen LogP contribution in [0.15, 0.2) is 54.6 Å². The summed E-state index contributed by atoms with van der Waals surface area (Å²) in [6.07, 6.45) is 18.3. The molecule has 2 aromatic carbocycles. The molecule has 0 aliphatic heterocycles. The first-order chi connectivity index (χ1) is 16.5. The van der Waals surface area contributed by atoms with Gasteiger partial charge in [0.05, 0.1) is 4.92 Å². The average molecular weight is 488 g/mol. The number of rotatable bonds is 19. The number of nitro benzene ring substituents is 1. The van der Waals surface area contributed by atoms with Crippen molar-refractivity contribution in [2.45, 2.75) is 96.8 Å². The Labute approximate surface area is 205 Å². The van der Waals surface area contributed by atoms with Gasteiger partial charge in [0.15, 0.2) is 0 Å². The molecule has 0 heterocycles. The summed E-state index contributed by atoms with van der Waals surface area (Å²) in [5.74, 6) is 0.406. The van der Waals surface area contributed by atoms with Crippen LogP contribution < -0.4 is 9.83 Å². The molecule has 2 aromatic rings. The Morgan fingerprint density at radius 2 is 1.18 bits per heavy atom. The molecular weight excluding hydrogens is 445 g/mol. The van der Waals surface area contributed by atoms with Crippen LogP contribution in [0.3, 0.4) is 0 Å². The molecule has 34 heavy (non-hydrogen) atoms. The van der Waals surface area contributed by atoms with Crippen LogP contribution in [0.5, 0.6) is 5.75 Å². The van der Waals surface area contributed by atoms with Crippen molar-refractivity contribution >= 4 is 18.4 Å². The van der Waals surface area contributed by atoms with Crippen molar-refractivity contribution in [3.63, 3.8) is 0 Å². The molecule has 1 atom stereocenters. The van der Waals surface area contributed by atoms with Gasteiger partial charge in [-0.25, -0.2) is 0 Å². The van der Waals surface area contributed by atoms with E-state index >= 15 is 0 Å². The Kier molecular flexibility index (Phi) is 13.6. The van der Waals surface area contributed by atoms with Crippen molar-refractivity contribution in [1.82, 2.24) is 0 Å². The second-order valence-electron chi connectivity index (χ2n) is 9.17. The molecule has 6 heteroatoms. The fourth-order valence-electron chi connectivity index (χ4n) is 4.20. The quantitative estimate of drug-likeness (QED) is 0.0857. The van der Waals surface area contributed by atoms with Gasteiger partial charge in [-0.15, -0.1) is 0 Å². The van der Waals surface area contributed by atoms with E-state index < -0.39 is 12.3 Å². The Morgan fingerprint density at radius 3 is 1.65 bits per heavy atom. The van der Waals surface area contributed by atoms with Gasteiger partial charge in [0.2, 0.25) is 0 Å². The highest BCUT2D eigenvalue weighted by Gasteiger charge is 2.27. The first kappa shape index (κ1) is 28.1. The van der Waals surface area contributed by atoms with E-state index in [-0.39, 0.29) is 5.69 Å². The minimum Gasteiger partial charge on any atom is -0.440 e. The predicted molar refractivity (Wildman–Crippen MR) is 143 cm³/mol. The van der Waals surface area contributed by atoms with Gasteiger partial charge in [-0.05, 0) is 30.7 Å². The van der Waals surface area contributed by atoms with E-state index in [1.807, 2.05) is 30.3 Å². The Balaban J connectivity index is 1.69. The topological polar surface area (TPSA) is 69.4 Å². The standard InChI is InChI=1S/C28H42NO4P/c1-2-3-4-5-6-7-8-9-10-11-12-13-14-18-25-34(32,28-19-16-15-17-20-28)33-27-23-21-26(22-24-27)29(30)31/h15-17,19-24H,2-14,18,25H2,1H3. The smallest absolute Gasteiger partial charge is 0.277 e. The van der Waals surface area contributed by atoms with Crippen molar-refractivity contribution in [2.75, 3.05) is 6.16 Å². The van der Waals surface area contributed by atoms with Crippen molar-refractivity contribution in [3.8, 4) is 5.75 Å². The molecule has 0 saturated carbocycles. The third kappa shape index (κ3) is 10.9. The fraction of sp³-hybridized carbons (Fsp3) is 0.571. The summed E-state index contributed by atoms with van der Waals surface area (Å²) in [5, 5.41) is 11.6. The number of nitrogens with zero attached hydrogens (tertiary/aromatic N) is 1. The van der Waals surface area contributed by atoms with Crippen molar-refractivity contribution in [2.24, 2.45) is 0 Å². The van der Waals surface area contributed by atoms with Gasteiger partial charge in [-0.3, -0.25) is 14.7 Å². The summed E-state index contributed by atoms with van der Waals surface area (Å²) in [7, 11) is -3.09. The summed E-state index contributed by atoms with van der Waals surface area (Å²) in [4.78, 5) is 10.4. The van der Waals surface area contributed by atoms with Gasteiger partial charge in [-0.2, -0.15) is 0 Å². The second-order valence-corrected chi connectivity index (χ2v) is 11.7. The molecular formula is C28H42NO4P. The Bertz CT molecular complexity index is 854. The van der Waals surface area contributed by atoms with Gasteiger partial charge in [0.25, 0.3) is 13.1 Å². The lowest BCUT2D eigenvalue weighted by atomic mass is 10.0. The average Bonchev–Trinajstić information content (AvgIpc) is 2.85. The zero-order chi connectivity index (χ0) is 24.5. The lowest BCUT2D eigenvalue weighted by molar-refractivity contribution is -0.384. The molecule has 188 valence electrons. The summed E-state index contributed by atoms with van der Waals surface area (Å²) in [6.45, 7) is 2.26.